The van der Waals surface area contributed by atoms with E-state index in [0.717, 1.165) is 42.3 Å². The molecule has 1 amide bonds. The van der Waals surface area contributed by atoms with Crippen LogP contribution in [0.25, 0.3) is 5.69 Å². The van der Waals surface area contributed by atoms with Crippen LogP contribution >= 0.6 is 0 Å². The van der Waals surface area contributed by atoms with Crippen LogP contribution in [0.3, 0.4) is 0 Å². The lowest BCUT2D eigenvalue weighted by atomic mass is 10.1. The number of aryl methyl sites for hydroxylation is 4. The molecule has 1 atom stereocenters. The molecule has 1 aromatic carbocycles. The van der Waals surface area contributed by atoms with Gasteiger partial charge < -0.3 is 14.0 Å². The minimum absolute atomic E-state index is 0.112. The first-order valence-corrected chi connectivity index (χ1v) is 9.51. The lowest BCUT2D eigenvalue weighted by Gasteiger charge is -2.19. The molecule has 0 spiro atoms. The van der Waals surface area contributed by atoms with Crippen molar-refractivity contribution in [1.29, 1.82) is 0 Å². The van der Waals surface area contributed by atoms with Crippen LogP contribution in [-0.2, 0) is 0 Å². The van der Waals surface area contributed by atoms with E-state index in [1.807, 2.05) is 42.3 Å². The standard InChI is InChI=1S/C22H26N4O/c1-15-5-6-16(2)25(15)20-9-7-19(8-10-20)22(27)24-12-11-21(14-24)26-17(3)13-23-18(26)4/h5-10,13,21H,11-12,14H2,1-4H3. The van der Waals surface area contributed by atoms with Crippen LogP contribution in [0, 0.1) is 27.7 Å². The number of imidazole rings is 1. The SMILES string of the molecule is Cc1ccc(C)n1-c1ccc(C(=O)N2CCC(n3c(C)cnc3C)C2)cc1. The van der Waals surface area contributed by atoms with Crippen LogP contribution in [0.1, 0.15) is 45.7 Å². The summed E-state index contributed by atoms with van der Waals surface area (Å²) in [5.74, 6) is 1.13. The van der Waals surface area contributed by atoms with Crippen LogP contribution in [0.15, 0.2) is 42.6 Å². The number of hydrogen-bond acceptors (Lipinski definition) is 2. The molecule has 1 aliphatic heterocycles. The van der Waals surface area contributed by atoms with Crippen LogP contribution in [-0.4, -0.2) is 38.0 Å². The Bertz CT molecular complexity index is 941. The summed E-state index contributed by atoms with van der Waals surface area (Å²) in [7, 11) is 0. The van der Waals surface area contributed by atoms with E-state index in [2.05, 4.69) is 47.0 Å². The summed E-state index contributed by atoms with van der Waals surface area (Å²) in [6, 6.07) is 12.5. The quantitative estimate of drug-likeness (QED) is 0.707. The van der Waals surface area contributed by atoms with Gasteiger partial charge in [0.05, 0.1) is 6.04 Å². The monoisotopic (exact) mass is 362 g/mol. The van der Waals surface area contributed by atoms with Crippen molar-refractivity contribution >= 4 is 5.91 Å². The zero-order valence-electron chi connectivity index (χ0n) is 16.4. The average molecular weight is 362 g/mol. The number of benzene rings is 1. The molecule has 3 heterocycles. The topological polar surface area (TPSA) is 43.1 Å². The molecule has 3 aromatic rings. The minimum atomic E-state index is 0.112. The van der Waals surface area contributed by atoms with Gasteiger partial charge in [0.2, 0.25) is 0 Å². The predicted octanol–water partition coefficient (Wildman–Crippen LogP) is 3.99. The van der Waals surface area contributed by atoms with Gasteiger partial charge in [-0.05, 0) is 70.5 Å². The van der Waals surface area contributed by atoms with Gasteiger partial charge in [-0.15, -0.1) is 0 Å². The van der Waals surface area contributed by atoms with E-state index in [-0.39, 0.29) is 5.91 Å². The molecular formula is C22H26N4O. The Morgan fingerprint density at radius 1 is 0.963 bits per heavy atom. The van der Waals surface area contributed by atoms with Gasteiger partial charge in [0.15, 0.2) is 0 Å². The second-order valence-corrected chi connectivity index (χ2v) is 7.51. The predicted molar refractivity (Wildman–Crippen MR) is 107 cm³/mol. The molecule has 0 bridgehead atoms. The summed E-state index contributed by atoms with van der Waals surface area (Å²) in [4.78, 5) is 19.3. The summed E-state index contributed by atoms with van der Waals surface area (Å²) in [5, 5.41) is 0. The molecular weight excluding hydrogens is 336 g/mol. The molecule has 5 nitrogen and oxygen atoms in total. The van der Waals surface area contributed by atoms with Crippen molar-refractivity contribution in [3.05, 3.63) is 71.1 Å². The highest BCUT2D eigenvalue weighted by Gasteiger charge is 2.29. The Morgan fingerprint density at radius 2 is 1.63 bits per heavy atom. The summed E-state index contributed by atoms with van der Waals surface area (Å²) in [5.41, 5.74) is 5.39. The Morgan fingerprint density at radius 3 is 2.22 bits per heavy atom. The molecule has 1 saturated heterocycles. The molecule has 1 aliphatic rings. The van der Waals surface area contributed by atoms with Crippen molar-refractivity contribution in [2.45, 2.75) is 40.2 Å². The van der Waals surface area contributed by atoms with E-state index in [4.69, 9.17) is 0 Å². The number of carbonyl (C=O) groups excluding carboxylic acids is 1. The van der Waals surface area contributed by atoms with Gasteiger partial charge in [-0.3, -0.25) is 4.79 Å². The largest absolute Gasteiger partial charge is 0.336 e. The molecule has 1 unspecified atom stereocenters. The van der Waals surface area contributed by atoms with Crippen LogP contribution in [0.2, 0.25) is 0 Å². The molecule has 27 heavy (non-hydrogen) atoms. The van der Waals surface area contributed by atoms with E-state index >= 15 is 0 Å². The number of amides is 1. The van der Waals surface area contributed by atoms with Gasteiger partial charge in [0.1, 0.15) is 5.82 Å². The average Bonchev–Trinajstić information content (AvgIpc) is 3.35. The highest BCUT2D eigenvalue weighted by molar-refractivity contribution is 5.94. The Balaban J connectivity index is 1.51. The smallest absolute Gasteiger partial charge is 0.253 e. The van der Waals surface area contributed by atoms with Crippen molar-refractivity contribution < 1.29 is 4.79 Å². The molecule has 4 rings (SSSR count). The van der Waals surface area contributed by atoms with Gasteiger partial charge in [-0.1, -0.05) is 0 Å². The molecule has 0 aliphatic carbocycles. The summed E-state index contributed by atoms with van der Waals surface area (Å²) in [6.45, 7) is 9.83. The minimum Gasteiger partial charge on any atom is -0.336 e. The third-order valence-electron chi connectivity index (χ3n) is 5.63. The first-order valence-electron chi connectivity index (χ1n) is 9.51. The van der Waals surface area contributed by atoms with Crippen molar-refractivity contribution in [3.8, 4) is 5.69 Å². The molecule has 0 radical (unpaired) electrons. The third kappa shape index (κ3) is 3.07. The number of carbonyl (C=O) groups is 1. The van der Waals surface area contributed by atoms with Crippen LogP contribution in [0.4, 0.5) is 0 Å². The Kier molecular flexibility index (Phi) is 4.38. The number of nitrogens with zero attached hydrogens (tertiary/aromatic N) is 4. The van der Waals surface area contributed by atoms with Gasteiger partial charge in [0.25, 0.3) is 5.91 Å². The highest BCUT2D eigenvalue weighted by Crippen LogP contribution is 2.26. The first-order chi connectivity index (χ1) is 13.0. The third-order valence-corrected chi connectivity index (χ3v) is 5.63. The number of aromatic nitrogens is 3. The Labute approximate surface area is 160 Å². The van der Waals surface area contributed by atoms with E-state index < -0.39 is 0 Å². The van der Waals surface area contributed by atoms with Crippen LogP contribution in [0.5, 0.6) is 0 Å². The molecule has 5 heteroatoms. The van der Waals surface area contributed by atoms with Crippen LogP contribution < -0.4 is 0 Å². The van der Waals surface area contributed by atoms with Crippen molar-refractivity contribution in [2.75, 3.05) is 13.1 Å². The van der Waals surface area contributed by atoms with Gasteiger partial charge in [-0.2, -0.15) is 0 Å². The highest BCUT2D eigenvalue weighted by atomic mass is 16.2. The van der Waals surface area contributed by atoms with E-state index in [9.17, 15) is 4.79 Å². The second-order valence-electron chi connectivity index (χ2n) is 7.51. The van der Waals surface area contributed by atoms with E-state index in [0.29, 0.717) is 6.04 Å². The normalized spacial score (nSPS) is 16.9. The van der Waals surface area contributed by atoms with Crippen molar-refractivity contribution in [2.24, 2.45) is 0 Å². The van der Waals surface area contributed by atoms with Gasteiger partial charge in [0, 0.05) is 47.6 Å². The molecule has 2 aromatic heterocycles. The lowest BCUT2D eigenvalue weighted by Crippen LogP contribution is -2.29. The Hall–Kier alpha value is -2.82. The summed E-state index contributed by atoms with van der Waals surface area (Å²) in [6.07, 6.45) is 2.88. The maximum absolute atomic E-state index is 13.0. The zero-order chi connectivity index (χ0) is 19.1. The number of likely N-dealkylation sites (tertiary alicyclic amines) is 1. The zero-order valence-corrected chi connectivity index (χ0v) is 16.4. The molecule has 1 fully saturated rings. The van der Waals surface area contributed by atoms with E-state index in [1.54, 1.807) is 0 Å². The first kappa shape index (κ1) is 17.6. The second kappa shape index (κ2) is 6.72. The fourth-order valence-corrected chi connectivity index (χ4v) is 4.27. The number of rotatable bonds is 3. The van der Waals surface area contributed by atoms with E-state index in [1.165, 1.54) is 11.4 Å². The number of hydrogen-bond donors (Lipinski definition) is 0. The maximum atomic E-state index is 13.0. The molecule has 0 N–H and O–H groups in total. The molecule has 140 valence electrons. The van der Waals surface area contributed by atoms with Gasteiger partial charge in [-0.25, -0.2) is 4.98 Å². The molecule has 0 saturated carbocycles. The van der Waals surface area contributed by atoms with Crippen molar-refractivity contribution in [1.82, 2.24) is 19.0 Å². The summed E-state index contributed by atoms with van der Waals surface area (Å²) < 4.78 is 4.46. The maximum Gasteiger partial charge on any atom is 0.253 e. The van der Waals surface area contributed by atoms with Gasteiger partial charge >= 0.3 is 0 Å². The van der Waals surface area contributed by atoms with Crippen molar-refractivity contribution in [3.63, 3.8) is 0 Å². The fourth-order valence-electron chi connectivity index (χ4n) is 4.27. The fraction of sp³-hybridized carbons (Fsp3) is 0.364. The lowest BCUT2D eigenvalue weighted by molar-refractivity contribution is 0.0787. The summed E-state index contributed by atoms with van der Waals surface area (Å²) >= 11 is 0.